The second kappa shape index (κ2) is 5.86. The van der Waals surface area contributed by atoms with E-state index in [9.17, 15) is 0 Å². The Labute approximate surface area is 132 Å². The van der Waals surface area contributed by atoms with Crippen LogP contribution in [0.5, 0.6) is 0 Å². The lowest BCUT2D eigenvalue weighted by atomic mass is 9.78. The molecule has 0 N–H and O–H groups in total. The van der Waals surface area contributed by atoms with E-state index in [1.807, 2.05) is 16.9 Å². The molecule has 0 aliphatic carbocycles. The van der Waals surface area contributed by atoms with Gasteiger partial charge >= 0.3 is 0 Å². The zero-order valence-electron chi connectivity index (χ0n) is 14.0. The van der Waals surface area contributed by atoms with Crippen LogP contribution in [0.25, 0.3) is 0 Å². The first-order valence-corrected chi connectivity index (χ1v) is 7.80. The fourth-order valence-corrected chi connectivity index (χ4v) is 3.55. The van der Waals surface area contributed by atoms with Gasteiger partial charge in [0.2, 0.25) is 0 Å². The fraction of sp³-hybridized carbons (Fsp3) is 0.500. The summed E-state index contributed by atoms with van der Waals surface area (Å²) in [6.45, 7) is 8.16. The molecule has 0 bridgehead atoms. The minimum absolute atomic E-state index is 0.220. The van der Waals surface area contributed by atoms with Crippen LogP contribution in [0.3, 0.4) is 0 Å². The molecule has 0 unspecified atom stereocenters. The molecule has 0 atom stereocenters. The molecule has 118 valence electrons. The minimum atomic E-state index is 0.220. The van der Waals surface area contributed by atoms with E-state index in [1.54, 1.807) is 7.11 Å². The van der Waals surface area contributed by atoms with Crippen LogP contribution in [-0.4, -0.2) is 35.4 Å². The van der Waals surface area contributed by atoms with Crippen LogP contribution in [0.1, 0.15) is 36.2 Å². The third-order valence-electron chi connectivity index (χ3n) is 4.34. The topological polar surface area (TPSA) is 30.3 Å². The molecule has 4 nitrogen and oxygen atoms in total. The van der Waals surface area contributed by atoms with Gasteiger partial charge in [0.05, 0.1) is 18.8 Å². The van der Waals surface area contributed by atoms with Gasteiger partial charge in [-0.05, 0) is 29.8 Å². The van der Waals surface area contributed by atoms with Crippen molar-refractivity contribution in [2.24, 2.45) is 0 Å². The maximum atomic E-state index is 5.12. The van der Waals surface area contributed by atoms with Crippen molar-refractivity contribution in [2.45, 2.75) is 39.0 Å². The summed E-state index contributed by atoms with van der Waals surface area (Å²) >= 11 is 0. The minimum Gasteiger partial charge on any atom is -0.378 e. The average molecular weight is 299 g/mol. The number of hydrogen-bond donors (Lipinski definition) is 0. The van der Waals surface area contributed by atoms with Crippen molar-refractivity contribution in [3.63, 3.8) is 0 Å². The van der Waals surface area contributed by atoms with E-state index in [4.69, 9.17) is 4.74 Å². The second-order valence-corrected chi connectivity index (χ2v) is 6.99. The SMILES string of the molecule is COCc1ccn(Cc2ccc3c(c2)CN(C)CC3(C)C)n1. The maximum Gasteiger partial charge on any atom is 0.0902 e. The van der Waals surface area contributed by atoms with Gasteiger partial charge in [-0.15, -0.1) is 0 Å². The van der Waals surface area contributed by atoms with Gasteiger partial charge in [0.25, 0.3) is 0 Å². The summed E-state index contributed by atoms with van der Waals surface area (Å²) in [5, 5.41) is 4.53. The van der Waals surface area contributed by atoms with Crippen molar-refractivity contribution in [1.82, 2.24) is 14.7 Å². The highest BCUT2D eigenvalue weighted by atomic mass is 16.5. The average Bonchev–Trinajstić information content (AvgIpc) is 2.85. The van der Waals surface area contributed by atoms with Crippen LogP contribution in [0, 0.1) is 0 Å². The highest BCUT2D eigenvalue weighted by Gasteiger charge is 2.29. The van der Waals surface area contributed by atoms with Gasteiger partial charge in [-0.2, -0.15) is 5.10 Å². The number of benzene rings is 1. The summed E-state index contributed by atoms with van der Waals surface area (Å²) in [6.07, 6.45) is 2.02. The van der Waals surface area contributed by atoms with Gasteiger partial charge in [0.1, 0.15) is 0 Å². The molecule has 3 rings (SSSR count). The van der Waals surface area contributed by atoms with E-state index < -0.39 is 0 Å². The Hall–Kier alpha value is -1.65. The Morgan fingerprint density at radius 2 is 2.09 bits per heavy atom. The lowest BCUT2D eigenvalue weighted by Gasteiger charge is -2.38. The van der Waals surface area contributed by atoms with Crippen molar-refractivity contribution in [3.05, 3.63) is 52.8 Å². The Morgan fingerprint density at radius 3 is 2.86 bits per heavy atom. The molecule has 1 aliphatic heterocycles. The number of fused-ring (bicyclic) bond motifs is 1. The molecule has 0 amide bonds. The first-order chi connectivity index (χ1) is 10.5. The summed E-state index contributed by atoms with van der Waals surface area (Å²) in [5.41, 5.74) is 5.42. The van der Waals surface area contributed by atoms with E-state index in [1.165, 1.54) is 16.7 Å². The molecular weight excluding hydrogens is 274 g/mol. The Balaban J connectivity index is 1.82. The molecule has 22 heavy (non-hydrogen) atoms. The molecule has 1 aromatic carbocycles. The Morgan fingerprint density at radius 1 is 1.27 bits per heavy atom. The predicted molar refractivity (Wildman–Crippen MR) is 87.8 cm³/mol. The number of hydrogen-bond acceptors (Lipinski definition) is 3. The number of aromatic nitrogens is 2. The molecule has 1 aromatic heterocycles. The molecule has 0 saturated carbocycles. The van der Waals surface area contributed by atoms with Gasteiger partial charge in [0, 0.05) is 31.8 Å². The number of likely N-dealkylation sites (N-methyl/N-ethyl adjacent to an activating group) is 1. The smallest absolute Gasteiger partial charge is 0.0902 e. The molecular formula is C18H25N3O. The van der Waals surface area contributed by atoms with Crippen LogP contribution < -0.4 is 0 Å². The summed E-state index contributed by atoms with van der Waals surface area (Å²) in [7, 11) is 3.89. The maximum absolute atomic E-state index is 5.12. The van der Waals surface area contributed by atoms with E-state index in [-0.39, 0.29) is 5.41 Å². The standard InChI is InChI=1S/C18H25N3O/c1-18(2)13-20(3)11-15-9-14(5-6-17(15)18)10-21-8-7-16(19-21)12-22-4/h5-9H,10-13H2,1-4H3. The van der Waals surface area contributed by atoms with Crippen molar-refractivity contribution in [1.29, 1.82) is 0 Å². The van der Waals surface area contributed by atoms with E-state index in [2.05, 4.69) is 49.1 Å². The van der Waals surface area contributed by atoms with Crippen LogP contribution in [0.2, 0.25) is 0 Å². The zero-order chi connectivity index (χ0) is 15.7. The first kappa shape index (κ1) is 15.3. The summed E-state index contributed by atoms with van der Waals surface area (Å²) in [6, 6.07) is 8.89. The number of methoxy groups -OCH3 is 1. The second-order valence-electron chi connectivity index (χ2n) is 6.99. The van der Waals surface area contributed by atoms with Gasteiger partial charge in [0.15, 0.2) is 0 Å². The fourth-order valence-electron chi connectivity index (χ4n) is 3.55. The Kier molecular flexibility index (Phi) is 4.06. The summed E-state index contributed by atoms with van der Waals surface area (Å²) in [5.74, 6) is 0. The molecule has 1 aliphatic rings. The predicted octanol–water partition coefficient (Wildman–Crippen LogP) is 2.80. The van der Waals surface area contributed by atoms with Gasteiger partial charge in [-0.3, -0.25) is 4.68 Å². The number of rotatable bonds is 4. The molecule has 0 fully saturated rings. The monoisotopic (exact) mass is 299 g/mol. The van der Waals surface area contributed by atoms with Crippen LogP contribution >= 0.6 is 0 Å². The van der Waals surface area contributed by atoms with Crippen LogP contribution in [0.4, 0.5) is 0 Å². The van der Waals surface area contributed by atoms with E-state index in [0.29, 0.717) is 6.61 Å². The zero-order valence-corrected chi connectivity index (χ0v) is 14.0. The number of nitrogens with zero attached hydrogens (tertiary/aromatic N) is 3. The molecule has 0 spiro atoms. The van der Waals surface area contributed by atoms with Crippen molar-refractivity contribution < 1.29 is 4.74 Å². The lowest BCUT2D eigenvalue weighted by molar-refractivity contribution is 0.181. The van der Waals surface area contributed by atoms with Crippen molar-refractivity contribution >= 4 is 0 Å². The third kappa shape index (κ3) is 3.08. The first-order valence-electron chi connectivity index (χ1n) is 7.80. The Bertz CT molecular complexity index is 660. The molecule has 0 saturated heterocycles. The summed E-state index contributed by atoms with van der Waals surface area (Å²) in [4.78, 5) is 2.40. The highest BCUT2D eigenvalue weighted by molar-refractivity contribution is 5.39. The van der Waals surface area contributed by atoms with Crippen LogP contribution in [0.15, 0.2) is 30.5 Å². The molecule has 2 aromatic rings. The largest absolute Gasteiger partial charge is 0.378 e. The van der Waals surface area contributed by atoms with Crippen molar-refractivity contribution in [3.8, 4) is 0 Å². The highest BCUT2D eigenvalue weighted by Crippen LogP contribution is 2.33. The van der Waals surface area contributed by atoms with E-state index in [0.717, 1.165) is 25.3 Å². The quantitative estimate of drug-likeness (QED) is 0.869. The lowest BCUT2D eigenvalue weighted by Crippen LogP contribution is -2.39. The molecule has 0 radical (unpaired) electrons. The molecule has 2 heterocycles. The number of ether oxygens (including phenoxy) is 1. The molecule has 4 heteroatoms. The van der Waals surface area contributed by atoms with E-state index >= 15 is 0 Å². The van der Waals surface area contributed by atoms with Gasteiger partial charge in [-0.25, -0.2) is 0 Å². The van der Waals surface area contributed by atoms with Crippen molar-refractivity contribution in [2.75, 3.05) is 20.7 Å². The van der Waals surface area contributed by atoms with Crippen LogP contribution in [-0.2, 0) is 29.8 Å². The summed E-state index contributed by atoms with van der Waals surface area (Å²) < 4.78 is 7.10. The van der Waals surface area contributed by atoms with Gasteiger partial charge in [-0.1, -0.05) is 32.0 Å². The normalized spacial score (nSPS) is 17.5. The third-order valence-corrected chi connectivity index (χ3v) is 4.34. The van der Waals surface area contributed by atoms with Gasteiger partial charge < -0.3 is 9.64 Å².